The van der Waals surface area contributed by atoms with Crippen LogP contribution in [0.2, 0.25) is 0 Å². The van der Waals surface area contributed by atoms with Gasteiger partial charge in [0.1, 0.15) is 0 Å². The van der Waals surface area contributed by atoms with Crippen molar-refractivity contribution in [2.45, 2.75) is 0 Å². The van der Waals surface area contributed by atoms with Crippen LogP contribution in [0.3, 0.4) is 0 Å². The van der Waals surface area contributed by atoms with Crippen molar-refractivity contribution in [1.82, 2.24) is 9.03 Å². The monoisotopic (exact) mass is 255 g/mol. The van der Waals surface area contributed by atoms with Crippen LogP contribution >= 0.6 is 0 Å². The minimum Gasteiger partial charge on any atom is -0.383 e. The van der Waals surface area contributed by atoms with Gasteiger partial charge in [-0.3, -0.25) is 0 Å². The molecule has 3 N–H and O–H groups in total. The number of nitrogens with zero attached hydrogens (tertiary/aromatic N) is 1. The molecule has 0 rings (SSSR count). The number of methoxy groups -OCH3 is 2. The van der Waals surface area contributed by atoms with E-state index in [4.69, 9.17) is 15.2 Å². The molecular formula is C8H21N3O4S. The highest BCUT2D eigenvalue weighted by atomic mass is 32.2. The first kappa shape index (κ1) is 15.8. The standard InChI is InChI=1S/C8H21N3O4S/c1-14-7-5-11(6-8-15-2)16(12,13)10-4-3-9/h10H,3-9H2,1-2H3. The van der Waals surface area contributed by atoms with Crippen LogP contribution in [0.5, 0.6) is 0 Å². The van der Waals surface area contributed by atoms with Crippen LogP contribution in [0.1, 0.15) is 0 Å². The van der Waals surface area contributed by atoms with Gasteiger partial charge in [0, 0.05) is 40.4 Å². The average molecular weight is 255 g/mol. The van der Waals surface area contributed by atoms with Crippen molar-refractivity contribution in [3.8, 4) is 0 Å². The Balaban J connectivity index is 4.33. The molecule has 0 saturated heterocycles. The van der Waals surface area contributed by atoms with E-state index in [1.54, 1.807) is 0 Å². The van der Waals surface area contributed by atoms with Crippen molar-refractivity contribution < 1.29 is 17.9 Å². The van der Waals surface area contributed by atoms with Gasteiger partial charge in [-0.15, -0.1) is 0 Å². The number of hydrogen-bond donors (Lipinski definition) is 2. The molecule has 0 heterocycles. The fraction of sp³-hybridized carbons (Fsp3) is 1.00. The highest BCUT2D eigenvalue weighted by Gasteiger charge is 2.20. The van der Waals surface area contributed by atoms with E-state index in [-0.39, 0.29) is 13.1 Å². The smallest absolute Gasteiger partial charge is 0.279 e. The Kier molecular flexibility index (Phi) is 8.71. The van der Waals surface area contributed by atoms with Gasteiger partial charge in [0.25, 0.3) is 10.2 Å². The maximum atomic E-state index is 11.7. The fourth-order valence-electron chi connectivity index (χ4n) is 1.02. The molecule has 7 nitrogen and oxygen atoms in total. The first-order valence-electron chi connectivity index (χ1n) is 5.01. The highest BCUT2D eigenvalue weighted by Crippen LogP contribution is 1.97. The summed E-state index contributed by atoms with van der Waals surface area (Å²) < 4.78 is 36.9. The first-order valence-corrected chi connectivity index (χ1v) is 6.45. The van der Waals surface area contributed by atoms with Crippen molar-refractivity contribution >= 4 is 10.2 Å². The molecule has 16 heavy (non-hydrogen) atoms. The molecule has 0 spiro atoms. The summed E-state index contributed by atoms with van der Waals surface area (Å²) in [5.74, 6) is 0. The van der Waals surface area contributed by atoms with E-state index in [9.17, 15) is 8.42 Å². The predicted octanol–water partition coefficient (Wildman–Crippen LogP) is -1.63. The van der Waals surface area contributed by atoms with Gasteiger partial charge in [0.15, 0.2) is 0 Å². The number of rotatable bonds is 10. The van der Waals surface area contributed by atoms with Gasteiger partial charge in [-0.05, 0) is 0 Å². The molecule has 0 amide bonds. The normalized spacial score (nSPS) is 12.2. The minimum atomic E-state index is -3.49. The second kappa shape index (κ2) is 8.85. The number of ether oxygens (including phenoxy) is 2. The first-order chi connectivity index (χ1) is 7.58. The highest BCUT2D eigenvalue weighted by molar-refractivity contribution is 7.87. The molecule has 0 saturated carbocycles. The molecule has 0 atom stereocenters. The third-order valence-corrected chi connectivity index (χ3v) is 3.47. The molecule has 0 unspecified atom stereocenters. The van der Waals surface area contributed by atoms with Crippen molar-refractivity contribution in [1.29, 1.82) is 0 Å². The van der Waals surface area contributed by atoms with Gasteiger partial charge in [-0.1, -0.05) is 0 Å². The lowest BCUT2D eigenvalue weighted by Gasteiger charge is -2.21. The van der Waals surface area contributed by atoms with Gasteiger partial charge in [-0.2, -0.15) is 12.7 Å². The number of nitrogens with two attached hydrogens (primary N) is 1. The molecule has 0 fully saturated rings. The Morgan fingerprint density at radius 1 is 1.19 bits per heavy atom. The van der Waals surface area contributed by atoms with Gasteiger partial charge < -0.3 is 15.2 Å². The van der Waals surface area contributed by atoms with E-state index in [0.29, 0.717) is 26.3 Å². The van der Waals surface area contributed by atoms with Crippen molar-refractivity contribution in [3.63, 3.8) is 0 Å². The Bertz CT molecular complexity index is 250. The van der Waals surface area contributed by atoms with Crippen molar-refractivity contribution in [3.05, 3.63) is 0 Å². The third kappa shape index (κ3) is 6.36. The predicted molar refractivity (Wildman–Crippen MR) is 61.3 cm³/mol. The zero-order valence-electron chi connectivity index (χ0n) is 9.81. The molecule has 0 aromatic heterocycles. The SMILES string of the molecule is COCCN(CCOC)S(=O)(=O)NCCN. The quantitative estimate of drug-likeness (QED) is 0.489. The zero-order chi connectivity index (χ0) is 12.4. The molecule has 0 aliphatic rings. The molecule has 0 bridgehead atoms. The summed E-state index contributed by atoms with van der Waals surface area (Å²) in [6, 6.07) is 0. The average Bonchev–Trinajstić information content (AvgIpc) is 2.26. The molecule has 0 radical (unpaired) electrons. The summed E-state index contributed by atoms with van der Waals surface area (Å²) in [5, 5.41) is 0. The molecule has 0 aromatic carbocycles. The fourth-order valence-corrected chi connectivity index (χ4v) is 2.21. The molecule has 8 heteroatoms. The summed E-state index contributed by atoms with van der Waals surface area (Å²) in [5.41, 5.74) is 5.24. The van der Waals surface area contributed by atoms with E-state index >= 15 is 0 Å². The Labute approximate surface area is 97.1 Å². The van der Waals surface area contributed by atoms with Crippen LogP contribution in [0.25, 0.3) is 0 Å². The van der Waals surface area contributed by atoms with E-state index in [1.165, 1.54) is 18.5 Å². The molecule has 0 aliphatic heterocycles. The maximum absolute atomic E-state index is 11.7. The van der Waals surface area contributed by atoms with E-state index in [2.05, 4.69) is 4.72 Å². The lowest BCUT2D eigenvalue weighted by atomic mass is 10.6. The van der Waals surface area contributed by atoms with Crippen LogP contribution in [0, 0.1) is 0 Å². The van der Waals surface area contributed by atoms with Gasteiger partial charge in [0.05, 0.1) is 13.2 Å². The molecule has 98 valence electrons. The maximum Gasteiger partial charge on any atom is 0.279 e. The molecule has 0 aliphatic carbocycles. The second-order valence-electron chi connectivity index (χ2n) is 3.07. The number of nitrogens with one attached hydrogen (secondary N) is 1. The zero-order valence-corrected chi connectivity index (χ0v) is 10.6. The van der Waals surface area contributed by atoms with Crippen LogP contribution in [0.4, 0.5) is 0 Å². The Morgan fingerprint density at radius 2 is 1.69 bits per heavy atom. The van der Waals surface area contributed by atoms with Crippen LogP contribution in [-0.4, -0.2) is 66.3 Å². The topological polar surface area (TPSA) is 93.9 Å². The van der Waals surface area contributed by atoms with E-state index in [0.717, 1.165) is 0 Å². The Hall–Kier alpha value is -0.250. The van der Waals surface area contributed by atoms with Crippen LogP contribution < -0.4 is 10.5 Å². The second-order valence-corrected chi connectivity index (χ2v) is 4.83. The van der Waals surface area contributed by atoms with Crippen molar-refractivity contribution in [2.75, 3.05) is 53.6 Å². The number of hydrogen-bond acceptors (Lipinski definition) is 5. The van der Waals surface area contributed by atoms with Crippen LogP contribution in [0.15, 0.2) is 0 Å². The molecular weight excluding hydrogens is 234 g/mol. The summed E-state index contributed by atoms with van der Waals surface area (Å²) >= 11 is 0. The largest absolute Gasteiger partial charge is 0.383 e. The summed E-state index contributed by atoms with van der Waals surface area (Å²) in [7, 11) is -0.441. The van der Waals surface area contributed by atoms with Crippen molar-refractivity contribution in [2.24, 2.45) is 5.73 Å². The van der Waals surface area contributed by atoms with E-state index < -0.39 is 10.2 Å². The van der Waals surface area contributed by atoms with Gasteiger partial charge >= 0.3 is 0 Å². The van der Waals surface area contributed by atoms with Crippen LogP contribution in [-0.2, 0) is 19.7 Å². The van der Waals surface area contributed by atoms with E-state index in [1.807, 2.05) is 0 Å². The Morgan fingerprint density at radius 3 is 2.06 bits per heavy atom. The summed E-state index contributed by atoms with van der Waals surface area (Å²) in [6.07, 6.45) is 0. The lowest BCUT2D eigenvalue weighted by Crippen LogP contribution is -2.45. The summed E-state index contributed by atoms with van der Waals surface area (Å²) in [4.78, 5) is 0. The van der Waals surface area contributed by atoms with Gasteiger partial charge in [0.2, 0.25) is 0 Å². The molecule has 0 aromatic rings. The lowest BCUT2D eigenvalue weighted by molar-refractivity contribution is 0.150. The van der Waals surface area contributed by atoms with Gasteiger partial charge in [-0.25, -0.2) is 4.72 Å². The minimum absolute atomic E-state index is 0.221. The summed E-state index contributed by atoms with van der Waals surface area (Å²) in [6.45, 7) is 1.75. The third-order valence-electron chi connectivity index (χ3n) is 1.86.